The first-order valence-corrected chi connectivity index (χ1v) is 11.2. The second-order valence-corrected chi connectivity index (χ2v) is 8.28. The van der Waals surface area contributed by atoms with E-state index < -0.39 is 12.0 Å². The lowest BCUT2D eigenvalue weighted by Gasteiger charge is -2.25. The number of amides is 2. The van der Waals surface area contributed by atoms with Crippen LogP contribution in [-0.4, -0.2) is 54.5 Å². The number of hydrogen-bond donors (Lipinski definition) is 0. The monoisotopic (exact) mass is 479 g/mol. The van der Waals surface area contributed by atoms with Gasteiger partial charge in [-0.1, -0.05) is 30.3 Å². The summed E-state index contributed by atoms with van der Waals surface area (Å²) >= 11 is 0. The molecule has 0 aliphatic carbocycles. The molecule has 35 heavy (non-hydrogen) atoms. The lowest BCUT2D eigenvalue weighted by Crippen LogP contribution is -2.40. The van der Waals surface area contributed by atoms with Gasteiger partial charge in [0.05, 0.1) is 19.8 Å². The molecular weight excluding hydrogens is 453 g/mol. The van der Waals surface area contributed by atoms with Crippen LogP contribution in [0.25, 0.3) is 0 Å². The van der Waals surface area contributed by atoms with Crippen LogP contribution in [0.5, 0.6) is 5.75 Å². The van der Waals surface area contributed by atoms with Gasteiger partial charge in [-0.15, -0.1) is 0 Å². The Morgan fingerprint density at radius 3 is 2.60 bits per heavy atom. The van der Waals surface area contributed by atoms with E-state index in [1.807, 2.05) is 24.3 Å². The van der Waals surface area contributed by atoms with Gasteiger partial charge in [-0.3, -0.25) is 9.59 Å². The van der Waals surface area contributed by atoms with E-state index in [0.717, 1.165) is 5.56 Å². The average molecular weight is 480 g/mol. The molecule has 1 saturated heterocycles. The number of rotatable bonds is 7. The topological polar surface area (TPSA) is 86.0 Å². The first-order valence-electron chi connectivity index (χ1n) is 11.2. The minimum absolute atomic E-state index is 0.00413. The molecule has 0 bridgehead atoms. The van der Waals surface area contributed by atoms with Gasteiger partial charge in [0.2, 0.25) is 5.91 Å². The number of carbonyl (C=O) groups is 2. The molecule has 2 aromatic carbocycles. The Balaban J connectivity index is 1.55. The van der Waals surface area contributed by atoms with E-state index in [-0.39, 0.29) is 43.5 Å². The summed E-state index contributed by atoms with van der Waals surface area (Å²) in [5.41, 5.74) is 1.45. The molecule has 182 valence electrons. The Labute approximate surface area is 202 Å². The van der Waals surface area contributed by atoms with E-state index in [9.17, 15) is 19.2 Å². The van der Waals surface area contributed by atoms with E-state index in [1.54, 1.807) is 30.2 Å². The lowest BCUT2D eigenvalue weighted by atomic mass is 10.2. The Morgan fingerprint density at radius 1 is 1.11 bits per heavy atom. The van der Waals surface area contributed by atoms with Gasteiger partial charge in [0.1, 0.15) is 23.7 Å². The summed E-state index contributed by atoms with van der Waals surface area (Å²) in [6, 6.07) is 16.7. The van der Waals surface area contributed by atoms with E-state index in [4.69, 9.17) is 9.47 Å². The van der Waals surface area contributed by atoms with Gasteiger partial charge < -0.3 is 24.5 Å². The summed E-state index contributed by atoms with van der Waals surface area (Å²) in [5, 5.41) is 11.7. The molecule has 3 aromatic rings. The number of nitrogens with zero attached hydrogens (tertiary/aromatic N) is 3. The Morgan fingerprint density at radius 2 is 1.89 bits per heavy atom. The number of methoxy groups -OCH3 is 1. The zero-order valence-corrected chi connectivity index (χ0v) is 19.3. The maximum atomic E-state index is 14.1. The number of carbonyl (C=O) groups excluding carboxylic acids is 2. The maximum absolute atomic E-state index is 14.1. The van der Waals surface area contributed by atoms with Crippen LogP contribution in [0.3, 0.4) is 0 Å². The third-order valence-electron chi connectivity index (χ3n) is 5.80. The standard InChI is InChI=1S/C26H26FN3O5/c1-34-22-10-8-19(9-11-22)13-28-15-23(35-18-21-5-2-3-7-24(21)27)16-29(17-25(28)31)26(32)20-6-4-12-30(33)14-20/h2-12,14,23H,13,15-18H2,1H3. The molecule has 0 spiro atoms. The van der Waals surface area contributed by atoms with Gasteiger partial charge >= 0.3 is 0 Å². The SMILES string of the molecule is COc1ccc(CN2CC(OCc3ccccc3F)CN(C(=O)c3ccc[n+]([O-])c3)CC2=O)cc1. The molecule has 0 saturated carbocycles. The third-order valence-corrected chi connectivity index (χ3v) is 5.80. The molecular formula is C26H26FN3O5. The summed E-state index contributed by atoms with van der Waals surface area (Å²) in [4.78, 5) is 29.3. The highest BCUT2D eigenvalue weighted by Crippen LogP contribution is 2.18. The first-order chi connectivity index (χ1) is 16.9. The molecule has 9 heteroatoms. The van der Waals surface area contributed by atoms with Crippen molar-refractivity contribution in [1.29, 1.82) is 0 Å². The summed E-state index contributed by atoms with van der Waals surface area (Å²) in [6.07, 6.45) is 1.88. The summed E-state index contributed by atoms with van der Waals surface area (Å²) in [6.45, 7) is 0.486. The summed E-state index contributed by atoms with van der Waals surface area (Å²) in [7, 11) is 1.58. The fourth-order valence-electron chi connectivity index (χ4n) is 3.93. The van der Waals surface area contributed by atoms with Gasteiger partial charge in [0.25, 0.3) is 5.91 Å². The van der Waals surface area contributed by atoms with Crippen molar-refractivity contribution in [3.8, 4) is 5.75 Å². The van der Waals surface area contributed by atoms with Crippen LogP contribution in [0, 0.1) is 11.0 Å². The number of halogens is 1. The molecule has 0 radical (unpaired) electrons. The van der Waals surface area contributed by atoms with Gasteiger partial charge in [0.15, 0.2) is 12.4 Å². The normalized spacial score (nSPS) is 16.2. The highest BCUT2D eigenvalue weighted by atomic mass is 19.1. The first kappa shape index (κ1) is 24.2. The second-order valence-electron chi connectivity index (χ2n) is 8.28. The Bertz CT molecular complexity index is 1190. The van der Waals surface area contributed by atoms with Crippen molar-refractivity contribution in [2.75, 3.05) is 26.7 Å². The number of hydrogen-bond acceptors (Lipinski definition) is 5. The van der Waals surface area contributed by atoms with Crippen molar-refractivity contribution in [3.05, 3.63) is 101 Å². The van der Waals surface area contributed by atoms with Crippen molar-refractivity contribution in [1.82, 2.24) is 9.80 Å². The van der Waals surface area contributed by atoms with Gasteiger partial charge in [0, 0.05) is 31.3 Å². The quantitative estimate of drug-likeness (QED) is 0.384. The van der Waals surface area contributed by atoms with Crippen LogP contribution in [0.1, 0.15) is 21.5 Å². The number of pyridine rings is 1. The van der Waals surface area contributed by atoms with E-state index in [2.05, 4.69) is 0 Å². The van der Waals surface area contributed by atoms with Gasteiger partial charge in [-0.2, -0.15) is 4.73 Å². The van der Waals surface area contributed by atoms with E-state index in [1.165, 1.54) is 35.5 Å². The van der Waals surface area contributed by atoms with Crippen molar-refractivity contribution in [2.24, 2.45) is 0 Å². The fraction of sp³-hybridized carbons (Fsp3) is 0.269. The number of aromatic nitrogens is 1. The fourth-order valence-corrected chi connectivity index (χ4v) is 3.93. The van der Waals surface area contributed by atoms with Crippen LogP contribution in [0.2, 0.25) is 0 Å². The van der Waals surface area contributed by atoms with E-state index >= 15 is 0 Å². The second kappa shape index (κ2) is 11.0. The molecule has 1 aromatic heterocycles. The van der Waals surface area contributed by atoms with Crippen molar-refractivity contribution >= 4 is 11.8 Å². The van der Waals surface area contributed by atoms with Gasteiger partial charge in [-0.05, 0) is 29.8 Å². The largest absolute Gasteiger partial charge is 0.619 e. The van der Waals surface area contributed by atoms with Crippen LogP contribution in [0.4, 0.5) is 4.39 Å². The highest BCUT2D eigenvalue weighted by Gasteiger charge is 2.32. The van der Waals surface area contributed by atoms with Gasteiger partial charge in [-0.25, -0.2) is 4.39 Å². The van der Waals surface area contributed by atoms with Crippen LogP contribution < -0.4 is 9.47 Å². The molecule has 8 nitrogen and oxygen atoms in total. The average Bonchev–Trinajstić information content (AvgIpc) is 3.02. The highest BCUT2D eigenvalue weighted by molar-refractivity contribution is 5.96. The minimum atomic E-state index is -0.564. The molecule has 1 aliphatic heterocycles. The molecule has 0 N–H and O–H groups in total. The molecule has 1 atom stereocenters. The third kappa shape index (κ3) is 6.13. The van der Waals surface area contributed by atoms with Crippen molar-refractivity contribution in [2.45, 2.75) is 19.3 Å². The summed E-state index contributed by atoms with van der Waals surface area (Å²) in [5.74, 6) is -0.381. The van der Waals surface area contributed by atoms with Crippen LogP contribution >= 0.6 is 0 Å². The van der Waals surface area contributed by atoms with Crippen LogP contribution in [-0.2, 0) is 22.7 Å². The Kier molecular flexibility index (Phi) is 7.57. The van der Waals surface area contributed by atoms with E-state index in [0.29, 0.717) is 22.6 Å². The predicted octanol–water partition coefficient (Wildman–Crippen LogP) is 2.54. The zero-order valence-electron chi connectivity index (χ0n) is 19.3. The molecule has 2 amide bonds. The zero-order chi connectivity index (χ0) is 24.8. The summed E-state index contributed by atoms with van der Waals surface area (Å²) < 4.78 is 25.9. The number of ether oxygens (including phenoxy) is 2. The smallest absolute Gasteiger partial charge is 0.260 e. The van der Waals surface area contributed by atoms with Crippen molar-refractivity contribution < 1.29 is 28.2 Å². The molecule has 4 rings (SSSR count). The lowest BCUT2D eigenvalue weighted by molar-refractivity contribution is -0.605. The minimum Gasteiger partial charge on any atom is -0.619 e. The molecule has 1 unspecified atom stereocenters. The number of benzene rings is 2. The molecule has 2 heterocycles. The molecule has 1 aliphatic rings. The van der Waals surface area contributed by atoms with Crippen molar-refractivity contribution in [3.63, 3.8) is 0 Å². The Hall–Kier alpha value is -3.98. The predicted molar refractivity (Wildman–Crippen MR) is 125 cm³/mol. The molecule has 1 fully saturated rings. The van der Waals surface area contributed by atoms with Crippen LogP contribution in [0.15, 0.2) is 73.1 Å². The maximum Gasteiger partial charge on any atom is 0.260 e.